The number of carboxylic acids is 1. The lowest BCUT2D eigenvalue weighted by Crippen LogP contribution is -2.45. The molecule has 1 atom stereocenters. The second kappa shape index (κ2) is 9.46. The van der Waals surface area contributed by atoms with Crippen LogP contribution in [-0.2, 0) is 32.0 Å². The summed E-state index contributed by atoms with van der Waals surface area (Å²) in [6, 6.07) is 6.93. The van der Waals surface area contributed by atoms with Gasteiger partial charge < -0.3 is 15.2 Å². The van der Waals surface area contributed by atoms with Gasteiger partial charge in [0.05, 0.1) is 6.61 Å². The number of nitrogens with one attached hydrogen (secondary N) is 1. The van der Waals surface area contributed by atoms with Crippen molar-refractivity contribution in [2.75, 3.05) is 12.4 Å². The predicted molar refractivity (Wildman–Crippen MR) is 95.6 cm³/mol. The molecule has 0 saturated carbocycles. The van der Waals surface area contributed by atoms with E-state index >= 15 is 0 Å². The molecule has 2 rings (SSSR count). The maximum Gasteiger partial charge on any atom is 0.328 e. The van der Waals surface area contributed by atoms with Crippen molar-refractivity contribution < 1.29 is 24.2 Å². The molecular formula is C18H23NO5S. The number of hydrogen-bond acceptors (Lipinski definition) is 5. The van der Waals surface area contributed by atoms with Gasteiger partial charge in [0.15, 0.2) is 0 Å². The lowest BCUT2D eigenvalue weighted by Gasteiger charge is -2.19. The molecule has 2 N–H and O–H groups in total. The number of ether oxygens (including phenoxy) is 1. The van der Waals surface area contributed by atoms with Gasteiger partial charge in [-0.15, -0.1) is 0 Å². The minimum Gasteiger partial charge on any atom is -0.481 e. The summed E-state index contributed by atoms with van der Waals surface area (Å²) in [5.41, 5.74) is 2.28. The van der Waals surface area contributed by atoms with Gasteiger partial charge in [-0.3, -0.25) is 9.59 Å². The number of aliphatic carboxylic acids is 1. The van der Waals surface area contributed by atoms with Crippen molar-refractivity contribution in [1.29, 1.82) is 0 Å². The Balaban J connectivity index is 1.94. The van der Waals surface area contributed by atoms with Crippen molar-refractivity contribution in [3.8, 4) is 0 Å². The molecule has 1 aliphatic rings. The van der Waals surface area contributed by atoms with Gasteiger partial charge in [-0.1, -0.05) is 24.3 Å². The quantitative estimate of drug-likeness (QED) is 0.351. The summed E-state index contributed by atoms with van der Waals surface area (Å²) in [6.45, 7) is 0.205. The van der Waals surface area contributed by atoms with E-state index in [4.69, 9.17) is 9.84 Å². The molecule has 1 aliphatic carbocycles. The number of rotatable bonds is 9. The first-order valence-electron chi connectivity index (χ1n) is 8.37. The van der Waals surface area contributed by atoms with Crippen LogP contribution in [0.15, 0.2) is 24.3 Å². The van der Waals surface area contributed by atoms with Crippen LogP contribution in [0.2, 0.25) is 0 Å². The third-order valence-corrected chi connectivity index (χ3v) is 4.53. The molecule has 0 radical (unpaired) electrons. The molecule has 6 nitrogen and oxygen atoms in total. The van der Waals surface area contributed by atoms with Gasteiger partial charge in [0.2, 0.25) is 5.91 Å². The Kier molecular flexibility index (Phi) is 7.31. The summed E-state index contributed by atoms with van der Waals surface area (Å²) in [6.07, 6.45) is 1.66. The van der Waals surface area contributed by atoms with Crippen LogP contribution in [0.3, 0.4) is 0 Å². The highest BCUT2D eigenvalue weighted by molar-refractivity contribution is 7.80. The Morgan fingerprint density at radius 3 is 2.44 bits per heavy atom. The first-order valence-corrected chi connectivity index (χ1v) is 9.01. The topological polar surface area (TPSA) is 92.7 Å². The molecule has 0 spiro atoms. The van der Waals surface area contributed by atoms with Gasteiger partial charge in [-0.05, 0) is 42.6 Å². The van der Waals surface area contributed by atoms with Crippen molar-refractivity contribution in [3.05, 3.63) is 35.4 Å². The summed E-state index contributed by atoms with van der Waals surface area (Å²) in [5.74, 6) is -1.50. The molecule has 1 aromatic carbocycles. The van der Waals surface area contributed by atoms with Crippen molar-refractivity contribution in [2.45, 2.75) is 38.1 Å². The molecular weight excluding hydrogens is 342 g/mol. The monoisotopic (exact) mass is 365 g/mol. The largest absolute Gasteiger partial charge is 0.481 e. The average Bonchev–Trinajstić information content (AvgIpc) is 3.02. The fourth-order valence-electron chi connectivity index (χ4n) is 2.89. The number of carbonyl (C=O) groups is 3. The highest BCUT2D eigenvalue weighted by atomic mass is 32.1. The van der Waals surface area contributed by atoms with Gasteiger partial charge in [-0.25, -0.2) is 4.79 Å². The molecule has 1 aromatic rings. The molecule has 0 aliphatic heterocycles. The molecule has 1 amide bonds. The molecule has 25 heavy (non-hydrogen) atoms. The fourth-order valence-corrected chi connectivity index (χ4v) is 3.02. The lowest BCUT2D eigenvalue weighted by molar-refractivity contribution is -0.149. The van der Waals surface area contributed by atoms with E-state index in [1.165, 1.54) is 0 Å². The van der Waals surface area contributed by atoms with Crippen LogP contribution in [0.5, 0.6) is 0 Å². The first kappa shape index (κ1) is 19.3. The Morgan fingerprint density at radius 1 is 1.24 bits per heavy atom. The minimum absolute atomic E-state index is 0.0143. The summed E-state index contributed by atoms with van der Waals surface area (Å²) >= 11 is 4.04. The van der Waals surface area contributed by atoms with Crippen LogP contribution >= 0.6 is 12.6 Å². The Labute approximate surface area is 152 Å². The molecule has 0 heterocycles. The van der Waals surface area contributed by atoms with Crippen LogP contribution in [0, 0.1) is 5.92 Å². The maximum atomic E-state index is 12.5. The summed E-state index contributed by atoms with van der Waals surface area (Å²) in [4.78, 5) is 35.5. The molecule has 0 aromatic heterocycles. The van der Waals surface area contributed by atoms with E-state index in [1.807, 2.05) is 24.3 Å². The number of hydrogen-bond donors (Lipinski definition) is 3. The number of thiol groups is 1. The minimum atomic E-state index is -1.02. The van der Waals surface area contributed by atoms with Crippen LogP contribution in [-0.4, -0.2) is 41.4 Å². The zero-order chi connectivity index (χ0) is 18.2. The molecule has 1 unspecified atom stereocenters. The number of carbonyl (C=O) groups excluding carboxylic acids is 2. The van der Waals surface area contributed by atoms with Gasteiger partial charge in [0.1, 0.15) is 6.04 Å². The number of fused-ring (bicyclic) bond motifs is 1. The highest BCUT2D eigenvalue weighted by Gasteiger charge is 2.31. The molecule has 7 heteroatoms. The molecule has 136 valence electrons. The number of amides is 1. The normalized spacial score (nSPS) is 14.6. The first-order chi connectivity index (χ1) is 12.0. The predicted octanol–water partition coefficient (Wildman–Crippen LogP) is 1.61. The molecule has 0 fully saturated rings. The molecule has 0 saturated heterocycles. The van der Waals surface area contributed by atoms with E-state index < -0.39 is 18.0 Å². The van der Waals surface area contributed by atoms with Crippen LogP contribution < -0.4 is 5.32 Å². The smallest absolute Gasteiger partial charge is 0.328 e. The van der Waals surface area contributed by atoms with Gasteiger partial charge >= 0.3 is 11.9 Å². The Hall–Kier alpha value is -2.02. The number of carboxylic acid groups (broad SMARTS) is 1. The Bertz CT molecular complexity index is 609. The van der Waals surface area contributed by atoms with E-state index in [-0.39, 0.29) is 31.3 Å². The van der Waals surface area contributed by atoms with Gasteiger partial charge in [-0.2, -0.15) is 12.6 Å². The van der Waals surface area contributed by atoms with Crippen molar-refractivity contribution in [2.24, 2.45) is 5.92 Å². The standard InChI is InChI=1S/C18H23NO5S/c20-16(21)7-6-15(18(23)24-8-3-9-25)19-17(22)14-10-12-4-1-2-5-13(12)11-14/h1-2,4-5,14-15,25H,3,6-11H2,(H,19,22)(H,20,21). The van der Waals surface area contributed by atoms with E-state index in [2.05, 4.69) is 17.9 Å². The van der Waals surface area contributed by atoms with Crippen LogP contribution in [0.25, 0.3) is 0 Å². The maximum absolute atomic E-state index is 12.5. The zero-order valence-corrected chi connectivity index (χ0v) is 14.8. The van der Waals surface area contributed by atoms with Gasteiger partial charge in [0, 0.05) is 12.3 Å². The van der Waals surface area contributed by atoms with E-state index in [1.54, 1.807) is 0 Å². The second-order valence-corrected chi connectivity index (χ2v) is 6.56. The van der Waals surface area contributed by atoms with Crippen molar-refractivity contribution in [1.82, 2.24) is 5.32 Å². The highest BCUT2D eigenvalue weighted by Crippen LogP contribution is 2.26. The van der Waals surface area contributed by atoms with Crippen molar-refractivity contribution >= 4 is 30.5 Å². The van der Waals surface area contributed by atoms with E-state index in [0.29, 0.717) is 25.0 Å². The number of esters is 1. The lowest BCUT2D eigenvalue weighted by atomic mass is 10.0. The van der Waals surface area contributed by atoms with Crippen LogP contribution in [0.4, 0.5) is 0 Å². The third-order valence-electron chi connectivity index (χ3n) is 4.22. The SMILES string of the molecule is O=C(O)CCC(NC(=O)C1Cc2ccccc2C1)C(=O)OCCCS. The van der Waals surface area contributed by atoms with E-state index in [9.17, 15) is 14.4 Å². The second-order valence-electron chi connectivity index (χ2n) is 6.11. The average molecular weight is 365 g/mol. The molecule has 0 bridgehead atoms. The third kappa shape index (κ3) is 5.77. The Morgan fingerprint density at radius 2 is 1.88 bits per heavy atom. The summed E-state index contributed by atoms with van der Waals surface area (Å²) in [5, 5.41) is 11.5. The van der Waals surface area contributed by atoms with Gasteiger partial charge in [0.25, 0.3) is 0 Å². The fraction of sp³-hybridized carbons (Fsp3) is 0.500. The summed E-state index contributed by atoms with van der Waals surface area (Å²) in [7, 11) is 0. The van der Waals surface area contributed by atoms with E-state index in [0.717, 1.165) is 11.1 Å². The van der Waals surface area contributed by atoms with Crippen LogP contribution in [0.1, 0.15) is 30.4 Å². The summed E-state index contributed by atoms with van der Waals surface area (Å²) < 4.78 is 5.11. The van der Waals surface area contributed by atoms with Crippen molar-refractivity contribution in [3.63, 3.8) is 0 Å². The zero-order valence-electron chi connectivity index (χ0n) is 13.9. The number of benzene rings is 1.